The lowest BCUT2D eigenvalue weighted by molar-refractivity contribution is -0.136. The Morgan fingerprint density at radius 3 is 2.41 bits per heavy atom. The highest BCUT2D eigenvalue weighted by Crippen LogP contribution is 2.27. The summed E-state index contributed by atoms with van der Waals surface area (Å²) in [5.74, 6) is -0.829. The Morgan fingerprint density at radius 1 is 1.12 bits per heavy atom. The van der Waals surface area contributed by atoms with Crippen LogP contribution in [0.4, 0.5) is 0 Å². The lowest BCUT2D eigenvalue weighted by Crippen LogP contribution is -1.99. The molecule has 2 aromatic carbocycles. The summed E-state index contributed by atoms with van der Waals surface area (Å²) in [5.41, 5.74) is 2.87. The van der Waals surface area contributed by atoms with Gasteiger partial charge in [-0.3, -0.25) is 4.79 Å². The van der Waals surface area contributed by atoms with Crippen LogP contribution in [-0.4, -0.2) is 11.1 Å². The summed E-state index contributed by atoms with van der Waals surface area (Å²) in [6, 6.07) is 15.4. The molecule has 0 saturated heterocycles. The standard InChI is InChI=1S/C14H12O2S/c15-14(16)9-10-6-7-12(13(17)8-10)11-4-2-1-3-5-11/h1-8,17H,9H2,(H,15,16). The molecule has 0 radical (unpaired) electrons. The van der Waals surface area contributed by atoms with Crippen LogP contribution in [0, 0.1) is 0 Å². The fourth-order valence-electron chi connectivity index (χ4n) is 1.72. The van der Waals surface area contributed by atoms with E-state index in [1.807, 2.05) is 42.5 Å². The number of hydrogen-bond donors (Lipinski definition) is 2. The van der Waals surface area contributed by atoms with Gasteiger partial charge in [-0.1, -0.05) is 42.5 Å². The molecule has 0 spiro atoms. The van der Waals surface area contributed by atoms with E-state index in [0.717, 1.165) is 21.6 Å². The summed E-state index contributed by atoms with van der Waals surface area (Å²) in [6.07, 6.45) is 0.0304. The minimum absolute atomic E-state index is 0.0304. The zero-order chi connectivity index (χ0) is 12.3. The first-order valence-corrected chi connectivity index (χ1v) is 5.70. The van der Waals surface area contributed by atoms with Gasteiger partial charge in [0.2, 0.25) is 0 Å². The summed E-state index contributed by atoms with van der Waals surface area (Å²) in [5, 5.41) is 8.72. The van der Waals surface area contributed by atoms with Crippen molar-refractivity contribution < 1.29 is 9.90 Å². The van der Waals surface area contributed by atoms with E-state index in [4.69, 9.17) is 5.11 Å². The van der Waals surface area contributed by atoms with E-state index < -0.39 is 5.97 Å². The van der Waals surface area contributed by atoms with Crippen molar-refractivity contribution in [1.82, 2.24) is 0 Å². The number of carboxylic acid groups (broad SMARTS) is 1. The quantitative estimate of drug-likeness (QED) is 0.813. The predicted molar refractivity (Wildman–Crippen MR) is 70.5 cm³/mol. The van der Waals surface area contributed by atoms with Gasteiger partial charge in [0.15, 0.2) is 0 Å². The maximum Gasteiger partial charge on any atom is 0.307 e. The highest BCUT2D eigenvalue weighted by Gasteiger charge is 2.05. The lowest BCUT2D eigenvalue weighted by Gasteiger charge is -2.07. The topological polar surface area (TPSA) is 37.3 Å². The molecule has 0 aromatic heterocycles. The average Bonchev–Trinajstić information content (AvgIpc) is 2.29. The molecular weight excluding hydrogens is 232 g/mol. The molecule has 17 heavy (non-hydrogen) atoms. The molecule has 3 heteroatoms. The van der Waals surface area contributed by atoms with Gasteiger partial charge in [-0.05, 0) is 22.8 Å². The third kappa shape index (κ3) is 2.88. The number of hydrogen-bond acceptors (Lipinski definition) is 2. The highest BCUT2D eigenvalue weighted by atomic mass is 32.1. The van der Waals surface area contributed by atoms with Gasteiger partial charge in [0, 0.05) is 4.90 Å². The molecule has 2 aromatic rings. The Hall–Kier alpha value is -1.74. The van der Waals surface area contributed by atoms with Crippen LogP contribution in [-0.2, 0) is 11.2 Å². The van der Waals surface area contributed by atoms with Crippen LogP contribution in [0.3, 0.4) is 0 Å². The van der Waals surface area contributed by atoms with Gasteiger partial charge < -0.3 is 5.11 Å². The molecule has 2 rings (SSSR count). The number of aliphatic carboxylic acids is 1. The van der Waals surface area contributed by atoms with E-state index in [-0.39, 0.29) is 6.42 Å². The third-order valence-electron chi connectivity index (χ3n) is 2.50. The molecule has 0 aliphatic carbocycles. The van der Waals surface area contributed by atoms with E-state index in [1.165, 1.54) is 0 Å². The zero-order valence-corrected chi connectivity index (χ0v) is 10.0. The first kappa shape index (κ1) is 11.7. The second kappa shape index (κ2) is 5.06. The van der Waals surface area contributed by atoms with Crippen LogP contribution in [0.25, 0.3) is 11.1 Å². The molecule has 0 aliphatic rings. The van der Waals surface area contributed by atoms with Crippen LogP contribution in [0.1, 0.15) is 5.56 Å². The molecule has 1 N–H and O–H groups in total. The number of carboxylic acids is 1. The van der Waals surface area contributed by atoms with Crippen molar-refractivity contribution in [2.45, 2.75) is 11.3 Å². The molecule has 86 valence electrons. The molecule has 0 heterocycles. The van der Waals surface area contributed by atoms with Crippen molar-refractivity contribution in [3.8, 4) is 11.1 Å². The molecule has 0 atom stereocenters. The average molecular weight is 244 g/mol. The molecule has 0 bridgehead atoms. The van der Waals surface area contributed by atoms with Gasteiger partial charge in [0.25, 0.3) is 0 Å². The van der Waals surface area contributed by atoms with E-state index in [2.05, 4.69) is 12.6 Å². The minimum Gasteiger partial charge on any atom is -0.481 e. The molecule has 0 saturated carbocycles. The SMILES string of the molecule is O=C(O)Cc1ccc(-c2ccccc2)c(S)c1. The van der Waals surface area contributed by atoms with Gasteiger partial charge in [-0.2, -0.15) is 0 Å². The third-order valence-corrected chi connectivity index (χ3v) is 2.87. The number of carbonyl (C=O) groups is 1. The first-order chi connectivity index (χ1) is 8.16. The first-order valence-electron chi connectivity index (χ1n) is 5.26. The second-order valence-electron chi connectivity index (χ2n) is 3.79. The monoisotopic (exact) mass is 244 g/mol. The highest BCUT2D eigenvalue weighted by molar-refractivity contribution is 7.80. The maximum atomic E-state index is 10.6. The second-order valence-corrected chi connectivity index (χ2v) is 4.27. The van der Waals surface area contributed by atoms with Gasteiger partial charge in [0.1, 0.15) is 0 Å². The Labute approximate surface area is 105 Å². The van der Waals surface area contributed by atoms with Crippen LogP contribution < -0.4 is 0 Å². The summed E-state index contributed by atoms with van der Waals surface area (Å²) in [6.45, 7) is 0. The van der Waals surface area contributed by atoms with Crippen molar-refractivity contribution in [3.05, 3.63) is 54.1 Å². The lowest BCUT2D eigenvalue weighted by atomic mass is 10.0. The van der Waals surface area contributed by atoms with Crippen LogP contribution >= 0.6 is 12.6 Å². The van der Waals surface area contributed by atoms with E-state index >= 15 is 0 Å². The molecule has 0 aliphatic heterocycles. The fraction of sp³-hybridized carbons (Fsp3) is 0.0714. The minimum atomic E-state index is -0.829. The van der Waals surface area contributed by atoms with Crippen LogP contribution in [0.15, 0.2) is 53.4 Å². The summed E-state index contributed by atoms with van der Waals surface area (Å²) in [7, 11) is 0. The number of thiol groups is 1. The van der Waals surface area contributed by atoms with Crippen molar-refractivity contribution in [2.24, 2.45) is 0 Å². The summed E-state index contributed by atoms with van der Waals surface area (Å²) in [4.78, 5) is 11.4. The Bertz CT molecular complexity index is 535. The summed E-state index contributed by atoms with van der Waals surface area (Å²) >= 11 is 4.41. The molecule has 0 amide bonds. The Balaban J connectivity index is 2.35. The number of rotatable bonds is 3. The molecule has 0 fully saturated rings. The number of benzene rings is 2. The van der Waals surface area contributed by atoms with E-state index in [1.54, 1.807) is 6.07 Å². The Kier molecular flexibility index (Phi) is 3.49. The smallest absolute Gasteiger partial charge is 0.307 e. The van der Waals surface area contributed by atoms with Crippen molar-refractivity contribution >= 4 is 18.6 Å². The molecular formula is C14H12O2S. The molecule has 2 nitrogen and oxygen atoms in total. The summed E-state index contributed by atoms with van der Waals surface area (Å²) < 4.78 is 0. The van der Waals surface area contributed by atoms with Gasteiger partial charge in [0.05, 0.1) is 6.42 Å². The Morgan fingerprint density at radius 2 is 1.82 bits per heavy atom. The van der Waals surface area contributed by atoms with Crippen molar-refractivity contribution in [2.75, 3.05) is 0 Å². The van der Waals surface area contributed by atoms with E-state index in [0.29, 0.717) is 0 Å². The molecule has 0 unspecified atom stereocenters. The van der Waals surface area contributed by atoms with Crippen molar-refractivity contribution in [3.63, 3.8) is 0 Å². The van der Waals surface area contributed by atoms with Gasteiger partial charge in [-0.25, -0.2) is 0 Å². The predicted octanol–water partition coefficient (Wildman–Crippen LogP) is 3.27. The van der Waals surface area contributed by atoms with Crippen molar-refractivity contribution in [1.29, 1.82) is 0 Å². The van der Waals surface area contributed by atoms with Gasteiger partial charge in [-0.15, -0.1) is 12.6 Å². The van der Waals surface area contributed by atoms with E-state index in [9.17, 15) is 4.79 Å². The fourth-order valence-corrected chi connectivity index (χ4v) is 2.09. The zero-order valence-electron chi connectivity index (χ0n) is 9.13. The largest absolute Gasteiger partial charge is 0.481 e. The normalized spacial score (nSPS) is 10.2. The maximum absolute atomic E-state index is 10.6. The van der Waals surface area contributed by atoms with Crippen LogP contribution in [0.5, 0.6) is 0 Å². The van der Waals surface area contributed by atoms with Gasteiger partial charge >= 0.3 is 5.97 Å². The van der Waals surface area contributed by atoms with Crippen LogP contribution in [0.2, 0.25) is 0 Å².